The maximum Gasteiger partial charge on any atom is 0.424 e. The highest BCUT2D eigenvalue weighted by atomic mass is 19.4. The van der Waals surface area contributed by atoms with Gasteiger partial charge in [-0.15, -0.1) is 0 Å². The van der Waals surface area contributed by atoms with Gasteiger partial charge in [-0.1, -0.05) is 24.3 Å². The number of para-hydroxylation sites is 1. The molecule has 0 aliphatic carbocycles. The van der Waals surface area contributed by atoms with Crippen LogP contribution < -0.4 is 9.47 Å². The molecule has 0 radical (unpaired) electrons. The molecule has 0 saturated heterocycles. The van der Waals surface area contributed by atoms with E-state index in [1.807, 2.05) is 30.3 Å². The molecule has 1 N–H and O–H groups in total. The van der Waals surface area contributed by atoms with E-state index in [1.54, 1.807) is 11.6 Å². The van der Waals surface area contributed by atoms with E-state index < -0.39 is 29.9 Å². The highest BCUT2D eigenvalue weighted by Gasteiger charge is 2.56. The zero-order valence-electron chi connectivity index (χ0n) is 19.5. The van der Waals surface area contributed by atoms with Gasteiger partial charge in [0, 0.05) is 5.39 Å². The first-order chi connectivity index (χ1) is 17.2. The van der Waals surface area contributed by atoms with E-state index in [0.29, 0.717) is 10.9 Å². The number of hydrogen-bond acceptors (Lipinski definition) is 6. The summed E-state index contributed by atoms with van der Waals surface area (Å²) < 4.78 is 59.5. The summed E-state index contributed by atoms with van der Waals surface area (Å²) in [5, 5.41) is 15.5. The first-order valence-electron chi connectivity index (χ1n) is 11.0. The number of rotatable bonds is 8. The van der Waals surface area contributed by atoms with Crippen LogP contribution in [-0.4, -0.2) is 47.4 Å². The van der Waals surface area contributed by atoms with Crippen molar-refractivity contribution in [2.24, 2.45) is 0 Å². The van der Waals surface area contributed by atoms with Gasteiger partial charge in [0.05, 0.1) is 36.7 Å². The Balaban J connectivity index is 1.65. The number of halogens is 3. The number of carbonyl (C=O) groups excluding carboxylic acids is 1. The number of fused-ring (bicyclic) bond motifs is 1. The minimum atomic E-state index is -5.06. The summed E-state index contributed by atoms with van der Waals surface area (Å²) in [7, 11) is 1.28. The molecule has 0 bridgehead atoms. The van der Waals surface area contributed by atoms with Crippen LogP contribution in [0.2, 0.25) is 0 Å². The lowest BCUT2D eigenvalue weighted by Crippen LogP contribution is -2.47. The molecular weight excluding hydrogens is 477 g/mol. The minimum absolute atomic E-state index is 0.0182. The van der Waals surface area contributed by atoms with Gasteiger partial charge >= 0.3 is 12.1 Å². The highest BCUT2D eigenvalue weighted by Crippen LogP contribution is 2.41. The first-order valence-corrected chi connectivity index (χ1v) is 11.0. The molecule has 3 aromatic carbocycles. The average Bonchev–Trinajstić information content (AvgIpc) is 3.30. The number of aromatic nitrogens is 2. The maximum atomic E-state index is 14.2. The van der Waals surface area contributed by atoms with Crippen LogP contribution in [0.5, 0.6) is 11.5 Å². The lowest BCUT2D eigenvalue weighted by Gasteiger charge is -2.31. The Bertz CT molecular complexity index is 1370. The number of benzene rings is 3. The molecule has 1 heterocycles. The normalized spacial score (nSPS) is 13.3. The molecule has 188 valence electrons. The minimum Gasteiger partial charge on any atom is -0.493 e. The van der Waals surface area contributed by atoms with Crippen molar-refractivity contribution in [1.82, 2.24) is 9.78 Å². The zero-order chi connectivity index (χ0) is 25.9. The molecule has 36 heavy (non-hydrogen) atoms. The van der Waals surface area contributed by atoms with Crippen molar-refractivity contribution in [3.8, 4) is 17.2 Å². The van der Waals surface area contributed by atoms with Crippen molar-refractivity contribution < 1.29 is 37.3 Å². The number of ether oxygens (including phenoxy) is 3. The van der Waals surface area contributed by atoms with Crippen molar-refractivity contribution in [3.05, 3.63) is 84.1 Å². The molecule has 4 rings (SSSR count). The SMILES string of the molecule is CCOC(=O)c1ccc(OCC(O)(c2ccc3c(cnn3-c3ccccc3)c2)C(F)(F)F)c(OC)c1. The van der Waals surface area contributed by atoms with E-state index in [4.69, 9.17) is 14.2 Å². The number of hydrogen-bond donors (Lipinski definition) is 1. The second-order valence-corrected chi connectivity index (χ2v) is 7.90. The molecular formula is C26H23F3N2O5. The monoisotopic (exact) mass is 500 g/mol. The number of alkyl halides is 3. The van der Waals surface area contributed by atoms with Gasteiger partial charge in [-0.05, 0) is 55.0 Å². The molecule has 7 nitrogen and oxygen atoms in total. The third kappa shape index (κ3) is 4.72. The number of esters is 1. The quantitative estimate of drug-likeness (QED) is 0.342. The third-order valence-electron chi connectivity index (χ3n) is 5.63. The molecule has 0 aliphatic rings. The standard InChI is InChI=1S/C26H23F3N2O5/c1-3-35-24(32)17-9-12-22(23(14-17)34-2)36-16-25(33,26(27,28)29)19-10-11-21-18(13-19)15-30-31(21)20-7-5-4-6-8-20/h4-15,33H,3,16H2,1-2H3. The van der Waals surface area contributed by atoms with E-state index >= 15 is 0 Å². The van der Waals surface area contributed by atoms with Crippen LogP contribution in [0.3, 0.4) is 0 Å². The van der Waals surface area contributed by atoms with Gasteiger partial charge in [0.2, 0.25) is 5.60 Å². The summed E-state index contributed by atoms with van der Waals surface area (Å²) in [5.74, 6) is -0.672. The predicted octanol–water partition coefficient (Wildman–Crippen LogP) is 5.04. The summed E-state index contributed by atoms with van der Waals surface area (Å²) in [6.45, 7) is 0.658. The van der Waals surface area contributed by atoms with Gasteiger partial charge in [-0.25, -0.2) is 9.48 Å². The largest absolute Gasteiger partial charge is 0.493 e. The molecule has 0 spiro atoms. The molecule has 0 aliphatic heterocycles. The smallest absolute Gasteiger partial charge is 0.424 e. The summed E-state index contributed by atoms with van der Waals surface area (Å²) in [5.41, 5.74) is -2.27. The van der Waals surface area contributed by atoms with E-state index in [9.17, 15) is 23.1 Å². The summed E-state index contributed by atoms with van der Waals surface area (Å²) in [6, 6.07) is 17.0. The third-order valence-corrected chi connectivity index (χ3v) is 5.63. The number of aliphatic hydroxyl groups is 1. The molecule has 0 amide bonds. The van der Waals surface area contributed by atoms with E-state index in [1.165, 1.54) is 49.7 Å². The van der Waals surface area contributed by atoms with E-state index in [-0.39, 0.29) is 23.7 Å². The van der Waals surface area contributed by atoms with Gasteiger partial charge in [-0.3, -0.25) is 0 Å². The summed E-state index contributed by atoms with van der Waals surface area (Å²) >= 11 is 0. The van der Waals surface area contributed by atoms with Crippen molar-refractivity contribution in [2.75, 3.05) is 20.3 Å². The van der Waals surface area contributed by atoms with Crippen molar-refractivity contribution in [3.63, 3.8) is 0 Å². The lowest BCUT2D eigenvalue weighted by molar-refractivity contribution is -0.275. The Kier molecular flexibility index (Phi) is 6.89. The summed E-state index contributed by atoms with van der Waals surface area (Å²) in [4.78, 5) is 11.9. The number of nitrogens with zero attached hydrogens (tertiary/aromatic N) is 2. The fourth-order valence-corrected chi connectivity index (χ4v) is 3.70. The predicted molar refractivity (Wildman–Crippen MR) is 125 cm³/mol. The average molecular weight is 500 g/mol. The van der Waals surface area contributed by atoms with Crippen LogP contribution in [0.25, 0.3) is 16.6 Å². The Morgan fingerprint density at radius 1 is 1.03 bits per heavy atom. The van der Waals surface area contributed by atoms with Gasteiger partial charge in [0.25, 0.3) is 0 Å². The van der Waals surface area contributed by atoms with Crippen LogP contribution in [0.15, 0.2) is 72.9 Å². The highest BCUT2D eigenvalue weighted by molar-refractivity contribution is 5.90. The van der Waals surface area contributed by atoms with Crippen LogP contribution in [0.1, 0.15) is 22.8 Å². The Morgan fingerprint density at radius 3 is 2.44 bits per heavy atom. The van der Waals surface area contributed by atoms with Gasteiger partial charge in [0.15, 0.2) is 11.5 Å². The lowest BCUT2D eigenvalue weighted by atomic mass is 9.93. The van der Waals surface area contributed by atoms with E-state index in [0.717, 1.165) is 5.69 Å². The zero-order valence-corrected chi connectivity index (χ0v) is 19.5. The number of methoxy groups -OCH3 is 1. The van der Waals surface area contributed by atoms with Crippen LogP contribution in [0, 0.1) is 0 Å². The first kappa shape index (κ1) is 25.1. The maximum absolute atomic E-state index is 14.2. The fraction of sp³-hybridized carbons (Fsp3) is 0.231. The van der Waals surface area contributed by atoms with E-state index in [2.05, 4.69) is 5.10 Å². The van der Waals surface area contributed by atoms with Crippen LogP contribution >= 0.6 is 0 Å². The molecule has 1 atom stereocenters. The topological polar surface area (TPSA) is 82.8 Å². The Hall–Kier alpha value is -4.05. The van der Waals surface area contributed by atoms with Crippen molar-refractivity contribution >= 4 is 16.9 Å². The number of carbonyl (C=O) groups is 1. The molecule has 1 unspecified atom stereocenters. The second-order valence-electron chi connectivity index (χ2n) is 7.90. The van der Waals surface area contributed by atoms with Crippen molar-refractivity contribution in [2.45, 2.75) is 18.7 Å². The fourth-order valence-electron chi connectivity index (χ4n) is 3.70. The van der Waals surface area contributed by atoms with Crippen LogP contribution in [-0.2, 0) is 10.3 Å². The molecule has 10 heteroatoms. The molecule has 0 saturated carbocycles. The van der Waals surface area contributed by atoms with Crippen LogP contribution in [0.4, 0.5) is 13.2 Å². The van der Waals surface area contributed by atoms with Gasteiger partial charge in [0.1, 0.15) is 6.61 Å². The van der Waals surface area contributed by atoms with Crippen molar-refractivity contribution in [1.29, 1.82) is 0 Å². The Labute approximate surface area is 204 Å². The van der Waals surface area contributed by atoms with Gasteiger partial charge in [-0.2, -0.15) is 18.3 Å². The van der Waals surface area contributed by atoms with Gasteiger partial charge < -0.3 is 19.3 Å². The molecule has 0 fully saturated rings. The molecule has 1 aromatic heterocycles. The summed E-state index contributed by atoms with van der Waals surface area (Å²) in [6.07, 6.45) is -3.63. The second kappa shape index (κ2) is 9.90. The molecule has 4 aromatic rings. The Morgan fingerprint density at radius 2 is 1.78 bits per heavy atom.